The number of aliphatic hydroxyl groups is 1. The lowest BCUT2D eigenvalue weighted by molar-refractivity contribution is 0.00947. The summed E-state index contributed by atoms with van der Waals surface area (Å²) in [7, 11) is -7.46. The minimum absolute atomic E-state index is 0.106. The molecule has 0 unspecified atom stereocenters. The first-order chi connectivity index (χ1) is 7.62. The molecule has 2 N–H and O–H groups in total. The lowest BCUT2D eigenvalue weighted by atomic mass is 9.85. The Labute approximate surface area is 102 Å². The molecule has 102 valence electrons. The average molecular weight is 285 g/mol. The number of hydrogen-bond acceptors (Lipinski definition) is 5. The Hall–Kier alpha value is -0.180. The van der Waals surface area contributed by atoms with Crippen molar-refractivity contribution in [3.05, 3.63) is 0 Å². The van der Waals surface area contributed by atoms with Crippen LogP contribution in [0.25, 0.3) is 0 Å². The maximum absolute atomic E-state index is 11.4. The Morgan fingerprint density at radius 1 is 1.12 bits per heavy atom. The highest BCUT2D eigenvalue weighted by molar-refractivity contribution is 8.06. The minimum atomic E-state index is -3.87. The van der Waals surface area contributed by atoms with Gasteiger partial charge in [-0.1, -0.05) is 19.3 Å². The summed E-state index contributed by atoms with van der Waals surface area (Å²) in [5.41, 5.74) is -1.02. The van der Waals surface area contributed by atoms with E-state index in [9.17, 15) is 21.9 Å². The van der Waals surface area contributed by atoms with E-state index in [-0.39, 0.29) is 6.54 Å². The molecule has 0 saturated heterocycles. The van der Waals surface area contributed by atoms with Crippen LogP contribution in [0.3, 0.4) is 0 Å². The van der Waals surface area contributed by atoms with Gasteiger partial charge in [-0.3, -0.25) is 0 Å². The van der Waals surface area contributed by atoms with Gasteiger partial charge in [0.15, 0.2) is 14.9 Å². The molecule has 0 spiro atoms. The van der Waals surface area contributed by atoms with Crippen LogP contribution in [-0.2, 0) is 19.9 Å². The smallest absolute Gasteiger partial charge is 0.226 e. The van der Waals surface area contributed by atoms with Crippen LogP contribution in [0, 0.1) is 0 Å². The molecule has 1 saturated carbocycles. The third-order valence-corrected chi connectivity index (χ3v) is 6.31. The van der Waals surface area contributed by atoms with E-state index >= 15 is 0 Å². The van der Waals surface area contributed by atoms with Gasteiger partial charge in [-0.25, -0.2) is 21.6 Å². The second-order valence-corrected chi connectivity index (χ2v) is 9.08. The quantitative estimate of drug-likeness (QED) is 0.716. The molecule has 0 heterocycles. The SMILES string of the molecule is CS(=O)(=O)CS(=O)(=O)NCC1(O)CCCCC1. The topological polar surface area (TPSA) is 101 Å². The van der Waals surface area contributed by atoms with Crippen LogP contribution in [0.1, 0.15) is 32.1 Å². The lowest BCUT2D eigenvalue weighted by Crippen LogP contribution is -2.45. The maximum atomic E-state index is 11.4. The van der Waals surface area contributed by atoms with E-state index in [4.69, 9.17) is 0 Å². The van der Waals surface area contributed by atoms with E-state index in [1.54, 1.807) is 0 Å². The number of sulfone groups is 1. The van der Waals surface area contributed by atoms with E-state index in [1.165, 1.54) is 0 Å². The predicted octanol–water partition coefficient (Wildman–Crippen LogP) is -0.397. The van der Waals surface area contributed by atoms with Crippen LogP contribution < -0.4 is 4.72 Å². The molecule has 0 atom stereocenters. The molecule has 0 aliphatic heterocycles. The van der Waals surface area contributed by atoms with Gasteiger partial charge in [0.1, 0.15) is 0 Å². The molecule has 0 aromatic rings. The summed E-state index contributed by atoms with van der Waals surface area (Å²) in [6, 6.07) is 0. The zero-order valence-electron chi connectivity index (χ0n) is 9.85. The number of nitrogens with one attached hydrogen (secondary N) is 1. The van der Waals surface area contributed by atoms with Gasteiger partial charge in [0.05, 0.1) is 5.60 Å². The fourth-order valence-corrected chi connectivity index (χ4v) is 5.03. The van der Waals surface area contributed by atoms with Crippen molar-refractivity contribution in [1.29, 1.82) is 0 Å². The van der Waals surface area contributed by atoms with Crippen molar-refractivity contribution in [2.45, 2.75) is 37.7 Å². The second kappa shape index (κ2) is 5.21. The molecular weight excluding hydrogens is 266 g/mol. The van der Waals surface area contributed by atoms with Gasteiger partial charge in [-0.15, -0.1) is 0 Å². The lowest BCUT2D eigenvalue weighted by Gasteiger charge is -2.31. The Kier molecular flexibility index (Phi) is 4.56. The van der Waals surface area contributed by atoms with Crippen LogP contribution in [0.4, 0.5) is 0 Å². The molecule has 8 heteroatoms. The summed E-state index contributed by atoms with van der Waals surface area (Å²) in [5.74, 6) is 0. The molecule has 0 aromatic heterocycles. The summed E-state index contributed by atoms with van der Waals surface area (Å²) in [6.07, 6.45) is 4.73. The van der Waals surface area contributed by atoms with Gasteiger partial charge < -0.3 is 5.11 Å². The third kappa shape index (κ3) is 5.80. The van der Waals surface area contributed by atoms with Gasteiger partial charge in [-0.05, 0) is 12.8 Å². The number of sulfonamides is 1. The van der Waals surface area contributed by atoms with Gasteiger partial charge in [0.25, 0.3) is 0 Å². The third-order valence-electron chi connectivity index (χ3n) is 2.77. The van der Waals surface area contributed by atoms with Gasteiger partial charge in [0, 0.05) is 12.8 Å². The molecule has 0 amide bonds. The van der Waals surface area contributed by atoms with E-state index < -0.39 is 30.5 Å². The van der Waals surface area contributed by atoms with Crippen LogP contribution in [0.5, 0.6) is 0 Å². The Balaban J connectivity index is 2.55. The van der Waals surface area contributed by atoms with Crippen molar-refractivity contribution in [3.8, 4) is 0 Å². The van der Waals surface area contributed by atoms with Crippen LogP contribution in [0.2, 0.25) is 0 Å². The summed E-state index contributed by atoms with van der Waals surface area (Å²) < 4.78 is 46.8. The fourth-order valence-electron chi connectivity index (χ4n) is 1.95. The van der Waals surface area contributed by atoms with Crippen LogP contribution in [0.15, 0.2) is 0 Å². The largest absolute Gasteiger partial charge is 0.389 e. The van der Waals surface area contributed by atoms with Crippen molar-refractivity contribution in [2.75, 3.05) is 17.9 Å². The zero-order valence-corrected chi connectivity index (χ0v) is 11.5. The fraction of sp³-hybridized carbons (Fsp3) is 1.00. The first-order valence-corrected chi connectivity index (χ1v) is 9.21. The predicted molar refractivity (Wildman–Crippen MR) is 64.7 cm³/mol. The van der Waals surface area contributed by atoms with E-state index in [1.807, 2.05) is 0 Å². The van der Waals surface area contributed by atoms with Crippen molar-refractivity contribution in [1.82, 2.24) is 4.72 Å². The van der Waals surface area contributed by atoms with Crippen molar-refractivity contribution in [3.63, 3.8) is 0 Å². The van der Waals surface area contributed by atoms with Gasteiger partial charge in [-0.2, -0.15) is 0 Å². The van der Waals surface area contributed by atoms with Crippen LogP contribution >= 0.6 is 0 Å². The molecular formula is C9H19NO5S2. The van der Waals surface area contributed by atoms with E-state index in [2.05, 4.69) is 4.72 Å². The minimum Gasteiger partial charge on any atom is -0.389 e. The number of rotatable bonds is 5. The molecule has 17 heavy (non-hydrogen) atoms. The van der Waals surface area contributed by atoms with E-state index in [0.717, 1.165) is 25.5 Å². The van der Waals surface area contributed by atoms with Crippen molar-refractivity contribution in [2.24, 2.45) is 0 Å². The van der Waals surface area contributed by atoms with Crippen molar-refractivity contribution < 1.29 is 21.9 Å². The number of hydrogen-bond donors (Lipinski definition) is 2. The molecule has 0 radical (unpaired) electrons. The summed E-state index contributed by atoms with van der Waals surface area (Å²) >= 11 is 0. The maximum Gasteiger partial charge on any atom is 0.226 e. The molecule has 0 aromatic carbocycles. The first kappa shape index (κ1) is 14.9. The van der Waals surface area contributed by atoms with Gasteiger partial charge in [0.2, 0.25) is 10.0 Å². The zero-order chi connectivity index (χ0) is 13.2. The summed E-state index contributed by atoms with van der Waals surface area (Å²) in [4.78, 5) is 0. The average Bonchev–Trinajstić information content (AvgIpc) is 2.13. The molecule has 1 fully saturated rings. The monoisotopic (exact) mass is 285 g/mol. The molecule has 1 rings (SSSR count). The standard InChI is InChI=1S/C9H19NO5S2/c1-16(12,13)8-17(14,15)10-7-9(11)5-3-2-4-6-9/h10-11H,2-8H2,1H3. The molecule has 1 aliphatic carbocycles. The molecule has 0 bridgehead atoms. The normalized spacial score (nSPS) is 21.3. The molecule has 6 nitrogen and oxygen atoms in total. The highest BCUT2D eigenvalue weighted by Crippen LogP contribution is 2.27. The summed E-state index contributed by atoms with van der Waals surface area (Å²) in [6.45, 7) is -0.106. The Morgan fingerprint density at radius 2 is 1.65 bits per heavy atom. The summed E-state index contributed by atoms with van der Waals surface area (Å²) in [5, 5.41) is 9.12. The Bertz CT molecular complexity index is 448. The highest BCUT2D eigenvalue weighted by atomic mass is 32.3. The Morgan fingerprint density at radius 3 is 2.12 bits per heavy atom. The second-order valence-electron chi connectivity index (χ2n) is 4.76. The van der Waals surface area contributed by atoms with Crippen LogP contribution in [-0.4, -0.2) is 45.4 Å². The first-order valence-electron chi connectivity index (χ1n) is 5.49. The highest BCUT2D eigenvalue weighted by Gasteiger charge is 2.31. The molecule has 1 aliphatic rings. The van der Waals surface area contributed by atoms with Crippen molar-refractivity contribution >= 4 is 19.9 Å². The van der Waals surface area contributed by atoms with Gasteiger partial charge >= 0.3 is 0 Å². The van der Waals surface area contributed by atoms with E-state index in [0.29, 0.717) is 12.8 Å².